The van der Waals surface area contributed by atoms with E-state index >= 15 is 0 Å². The van der Waals surface area contributed by atoms with Crippen LogP contribution in [-0.2, 0) is 4.79 Å². The standard InChI is InChI=1S/C18H17FN4O/c1-20-17(13-3-2-4-15(19)9-13)18(24)23-16-7-5-12(6-8-16)14-10-21-22-11-14/h2-11,17,20H,1H3,(H,21,22)(H,23,24). The highest BCUT2D eigenvalue weighted by atomic mass is 19.1. The van der Waals surface area contributed by atoms with Gasteiger partial charge in [0.15, 0.2) is 0 Å². The highest BCUT2D eigenvalue weighted by Crippen LogP contribution is 2.21. The second-order valence-corrected chi connectivity index (χ2v) is 5.33. The number of amides is 1. The Hall–Kier alpha value is -2.99. The molecule has 3 rings (SSSR count). The van der Waals surface area contributed by atoms with E-state index < -0.39 is 6.04 Å². The van der Waals surface area contributed by atoms with Gasteiger partial charge in [0, 0.05) is 17.4 Å². The smallest absolute Gasteiger partial charge is 0.246 e. The maximum absolute atomic E-state index is 13.4. The molecule has 0 radical (unpaired) electrons. The molecule has 0 aliphatic heterocycles. The van der Waals surface area contributed by atoms with Gasteiger partial charge in [0.1, 0.15) is 11.9 Å². The topological polar surface area (TPSA) is 69.8 Å². The van der Waals surface area contributed by atoms with Crippen LogP contribution in [-0.4, -0.2) is 23.2 Å². The summed E-state index contributed by atoms with van der Waals surface area (Å²) < 4.78 is 13.4. The number of hydrogen-bond donors (Lipinski definition) is 3. The number of likely N-dealkylation sites (N-methyl/N-ethyl adjacent to an activating group) is 1. The van der Waals surface area contributed by atoms with Crippen LogP contribution in [0.5, 0.6) is 0 Å². The van der Waals surface area contributed by atoms with E-state index in [-0.39, 0.29) is 11.7 Å². The van der Waals surface area contributed by atoms with Gasteiger partial charge in [-0.15, -0.1) is 0 Å². The van der Waals surface area contributed by atoms with E-state index in [1.807, 2.05) is 24.3 Å². The summed E-state index contributed by atoms with van der Waals surface area (Å²) in [6.07, 6.45) is 3.53. The molecule has 1 aromatic heterocycles. The summed E-state index contributed by atoms with van der Waals surface area (Å²) in [5.74, 6) is -0.621. The zero-order valence-electron chi connectivity index (χ0n) is 13.1. The highest BCUT2D eigenvalue weighted by molar-refractivity contribution is 5.95. The zero-order chi connectivity index (χ0) is 16.9. The van der Waals surface area contributed by atoms with Crippen molar-refractivity contribution in [3.8, 4) is 11.1 Å². The van der Waals surface area contributed by atoms with Crippen LogP contribution in [0.2, 0.25) is 0 Å². The van der Waals surface area contributed by atoms with Crippen LogP contribution in [0.25, 0.3) is 11.1 Å². The van der Waals surface area contributed by atoms with E-state index in [1.165, 1.54) is 12.1 Å². The Kier molecular flexibility index (Phi) is 4.67. The van der Waals surface area contributed by atoms with Gasteiger partial charge < -0.3 is 10.6 Å². The number of carbonyl (C=O) groups excluding carboxylic acids is 1. The minimum atomic E-state index is -0.630. The molecule has 0 saturated carbocycles. The summed E-state index contributed by atoms with van der Waals surface area (Å²) in [6.45, 7) is 0. The lowest BCUT2D eigenvalue weighted by molar-refractivity contribution is -0.118. The molecule has 24 heavy (non-hydrogen) atoms. The summed E-state index contributed by atoms with van der Waals surface area (Å²) in [6, 6.07) is 12.8. The van der Waals surface area contributed by atoms with Crippen molar-refractivity contribution in [2.75, 3.05) is 12.4 Å². The van der Waals surface area contributed by atoms with Crippen LogP contribution in [0.1, 0.15) is 11.6 Å². The molecule has 0 bridgehead atoms. The highest BCUT2D eigenvalue weighted by Gasteiger charge is 2.19. The summed E-state index contributed by atoms with van der Waals surface area (Å²) in [5, 5.41) is 12.4. The number of H-pyrrole nitrogens is 1. The molecule has 1 amide bonds. The van der Waals surface area contributed by atoms with Crippen LogP contribution in [0, 0.1) is 5.82 Å². The lowest BCUT2D eigenvalue weighted by Gasteiger charge is -2.16. The molecule has 2 aromatic carbocycles. The van der Waals surface area contributed by atoms with Crippen LogP contribution < -0.4 is 10.6 Å². The summed E-state index contributed by atoms with van der Waals surface area (Å²) >= 11 is 0. The maximum Gasteiger partial charge on any atom is 0.246 e. The normalized spacial score (nSPS) is 11.9. The van der Waals surface area contributed by atoms with E-state index in [2.05, 4.69) is 20.8 Å². The van der Waals surface area contributed by atoms with Crippen molar-refractivity contribution >= 4 is 11.6 Å². The van der Waals surface area contributed by atoms with Crippen molar-refractivity contribution in [1.29, 1.82) is 0 Å². The largest absolute Gasteiger partial charge is 0.324 e. The number of nitrogens with one attached hydrogen (secondary N) is 3. The zero-order valence-corrected chi connectivity index (χ0v) is 13.1. The summed E-state index contributed by atoms with van der Waals surface area (Å²) in [4.78, 5) is 12.5. The SMILES string of the molecule is CNC(C(=O)Nc1ccc(-c2cn[nH]c2)cc1)c1cccc(F)c1. The predicted molar refractivity (Wildman–Crippen MR) is 90.9 cm³/mol. The van der Waals surface area contributed by atoms with Crippen LogP contribution >= 0.6 is 0 Å². The van der Waals surface area contributed by atoms with Crippen LogP contribution in [0.3, 0.4) is 0 Å². The third-order valence-corrected chi connectivity index (χ3v) is 3.72. The first-order chi connectivity index (χ1) is 11.7. The minimum Gasteiger partial charge on any atom is -0.324 e. The van der Waals surface area contributed by atoms with Crippen molar-refractivity contribution in [2.45, 2.75) is 6.04 Å². The van der Waals surface area contributed by atoms with E-state index in [9.17, 15) is 9.18 Å². The molecular formula is C18H17FN4O. The van der Waals surface area contributed by atoms with E-state index in [0.717, 1.165) is 11.1 Å². The molecule has 1 atom stereocenters. The molecule has 0 fully saturated rings. The second-order valence-electron chi connectivity index (χ2n) is 5.33. The Morgan fingerprint density at radius 3 is 2.58 bits per heavy atom. The first kappa shape index (κ1) is 15.9. The van der Waals surface area contributed by atoms with Gasteiger partial charge in [-0.1, -0.05) is 24.3 Å². The van der Waals surface area contributed by atoms with E-state index in [1.54, 1.807) is 31.6 Å². The number of hydrogen-bond acceptors (Lipinski definition) is 3. The summed E-state index contributed by atoms with van der Waals surface area (Å²) in [7, 11) is 1.66. The Balaban J connectivity index is 1.73. The van der Waals surface area contributed by atoms with Gasteiger partial charge in [0.05, 0.1) is 6.20 Å². The second kappa shape index (κ2) is 7.06. The average molecular weight is 324 g/mol. The van der Waals surface area contributed by atoms with Crippen LogP contribution in [0.15, 0.2) is 60.9 Å². The van der Waals surface area contributed by atoms with Gasteiger partial charge >= 0.3 is 0 Å². The van der Waals surface area contributed by atoms with Crippen molar-refractivity contribution in [3.05, 3.63) is 72.3 Å². The molecule has 3 aromatic rings. The fraction of sp³-hybridized carbons (Fsp3) is 0.111. The number of anilines is 1. The number of aromatic nitrogens is 2. The Bertz CT molecular complexity index is 815. The number of carbonyl (C=O) groups is 1. The van der Waals surface area contributed by atoms with Gasteiger partial charge in [-0.3, -0.25) is 9.89 Å². The monoisotopic (exact) mass is 324 g/mol. The minimum absolute atomic E-state index is 0.251. The number of aromatic amines is 1. The predicted octanol–water partition coefficient (Wildman–Crippen LogP) is 3.12. The number of benzene rings is 2. The Morgan fingerprint density at radius 1 is 1.17 bits per heavy atom. The molecule has 0 aliphatic rings. The average Bonchev–Trinajstić information content (AvgIpc) is 3.11. The molecule has 5 nitrogen and oxygen atoms in total. The molecule has 1 unspecified atom stereocenters. The molecule has 0 spiro atoms. The fourth-order valence-corrected chi connectivity index (χ4v) is 2.50. The van der Waals surface area contributed by atoms with Crippen molar-refractivity contribution < 1.29 is 9.18 Å². The van der Waals surface area contributed by atoms with Crippen LogP contribution in [0.4, 0.5) is 10.1 Å². The van der Waals surface area contributed by atoms with Crippen molar-refractivity contribution in [3.63, 3.8) is 0 Å². The molecule has 0 saturated heterocycles. The molecule has 122 valence electrons. The molecule has 1 heterocycles. The van der Waals surface area contributed by atoms with E-state index in [4.69, 9.17) is 0 Å². The van der Waals surface area contributed by atoms with Crippen molar-refractivity contribution in [2.24, 2.45) is 0 Å². The van der Waals surface area contributed by atoms with Gasteiger partial charge in [-0.05, 0) is 42.4 Å². The van der Waals surface area contributed by atoms with Gasteiger partial charge in [-0.25, -0.2) is 4.39 Å². The number of nitrogens with zero attached hydrogens (tertiary/aromatic N) is 1. The quantitative estimate of drug-likeness (QED) is 0.675. The van der Waals surface area contributed by atoms with Crippen molar-refractivity contribution in [1.82, 2.24) is 15.5 Å². The first-order valence-corrected chi connectivity index (χ1v) is 7.50. The van der Waals surface area contributed by atoms with Gasteiger partial charge in [0.2, 0.25) is 5.91 Å². The molecular weight excluding hydrogens is 307 g/mol. The number of rotatable bonds is 5. The Labute approximate surface area is 138 Å². The molecule has 6 heteroatoms. The number of halogens is 1. The Morgan fingerprint density at radius 2 is 1.96 bits per heavy atom. The van der Waals surface area contributed by atoms with Gasteiger partial charge in [0.25, 0.3) is 0 Å². The van der Waals surface area contributed by atoms with E-state index in [0.29, 0.717) is 11.3 Å². The first-order valence-electron chi connectivity index (χ1n) is 7.50. The third-order valence-electron chi connectivity index (χ3n) is 3.72. The molecule has 0 aliphatic carbocycles. The maximum atomic E-state index is 13.4. The lowest BCUT2D eigenvalue weighted by Crippen LogP contribution is -2.30. The summed E-state index contributed by atoms with van der Waals surface area (Å²) in [5.41, 5.74) is 3.21. The fourth-order valence-electron chi connectivity index (χ4n) is 2.50. The van der Waals surface area contributed by atoms with Gasteiger partial charge in [-0.2, -0.15) is 5.10 Å². The third kappa shape index (κ3) is 3.49. The lowest BCUT2D eigenvalue weighted by atomic mass is 10.1. The molecule has 3 N–H and O–H groups in total.